The Balaban J connectivity index is 1.41. The van der Waals surface area contributed by atoms with E-state index in [9.17, 15) is 4.79 Å². The zero-order chi connectivity index (χ0) is 20.7. The minimum atomic E-state index is -0.377. The number of nitrogens with zero attached hydrogens (tertiary/aromatic N) is 3. The third-order valence-electron chi connectivity index (χ3n) is 4.87. The molecular weight excluding hydrogens is 416 g/mol. The zero-order valence-corrected chi connectivity index (χ0v) is 18.0. The summed E-state index contributed by atoms with van der Waals surface area (Å²) in [5.41, 5.74) is 0.819. The van der Waals surface area contributed by atoms with Gasteiger partial charge in [0.25, 0.3) is 5.91 Å². The molecule has 30 heavy (non-hydrogen) atoms. The molecule has 5 rings (SSSR count). The van der Waals surface area contributed by atoms with E-state index in [0.717, 1.165) is 15.0 Å². The highest BCUT2D eigenvalue weighted by Crippen LogP contribution is 2.39. The number of fused-ring (bicyclic) bond motifs is 3. The summed E-state index contributed by atoms with van der Waals surface area (Å²) in [7, 11) is 0. The molecule has 1 amide bonds. The van der Waals surface area contributed by atoms with Crippen molar-refractivity contribution in [2.45, 2.75) is 19.9 Å². The highest BCUT2D eigenvalue weighted by molar-refractivity contribution is 7.33. The molecule has 0 bridgehead atoms. The Labute approximate surface area is 180 Å². The molecule has 0 fully saturated rings. The van der Waals surface area contributed by atoms with Gasteiger partial charge in [-0.25, -0.2) is 0 Å². The van der Waals surface area contributed by atoms with E-state index < -0.39 is 0 Å². The monoisotopic (exact) mass is 434 g/mol. The van der Waals surface area contributed by atoms with Crippen LogP contribution in [0.25, 0.3) is 30.9 Å². The van der Waals surface area contributed by atoms with Gasteiger partial charge in [-0.1, -0.05) is 37.2 Å². The molecular formula is C22H18N4O2S2. The van der Waals surface area contributed by atoms with E-state index in [4.69, 9.17) is 4.52 Å². The fourth-order valence-electron chi connectivity index (χ4n) is 3.32. The Morgan fingerprint density at radius 2 is 1.87 bits per heavy atom. The number of nitrogens with one attached hydrogen (secondary N) is 1. The molecule has 150 valence electrons. The minimum Gasteiger partial charge on any atom is -0.339 e. The van der Waals surface area contributed by atoms with Gasteiger partial charge in [0, 0.05) is 32.7 Å². The summed E-state index contributed by atoms with van der Waals surface area (Å²) in [6, 6.07) is 13.5. The topological polar surface area (TPSA) is 80.9 Å². The fourth-order valence-corrected chi connectivity index (χ4v) is 5.75. The number of carbonyl (C=O) groups is 1. The zero-order valence-electron chi connectivity index (χ0n) is 16.3. The van der Waals surface area contributed by atoms with Crippen molar-refractivity contribution in [3.8, 4) is 11.4 Å². The molecule has 0 aliphatic carbocycles. The lowest BCUT2D eigenvalue weighted by molar-refractivity contribution is 0.0918. The number of aromatic nitrogens is 3. The number of carbonyl (C=O) groups excluding carboxylic acids is 1. The van der Waals surface area contributed by atoms with E-state index >= 15 is 0 Å². The van der Waals surface area contributed by atoms with E-state index in [1.54, 1.807) is 23.7 Å². The average molecular weight is 435 g/mol. The van der Waals surface area contributed by atoms with Gasteiger partial charge in [-0.15, -0.1) is 22.7 Å². The molecule has 1 atom stereocenters. The van der Waals surface area contributed by atoms with Crippen LogP contribution in [-0.2, 0) is 0 Å². The number of pyridine rings is 1. The molecule has 0 aliphatic rings. The summed E-state index contributed by atoms with van der Waals surface area (Å²) < 4.78 is 9.01. The largest absolute Gasteiger partial charge is 0.339 e. The number of rotatable bonds is 5. The van der Waals surface area contributed by atoms with Crippen LogP contribution in [0, 0.1) is 5.92 Å². The van der Waals surface area contributed by atoms with Crippen molar-refractivity contribution >= 4 is 48.1 Å². The van der Waals surface area contributed by atoms with Gasteiger partial charge in [0.2, 0.25) is 11.7 Å². The standard InChI is InChI=1S/C22H18N4O2S2/c1-12(2)18(22-25-20(26-28-22)13-7-9-23-10-8-13)24-21(27)17-11-16-19(30-17)14-5-3-4-6-15(14)29-16/h3-12,18H,1-2H3,(H,24,27). The Hall–Kier alpha value is -3.10. The molecule has 1 N–H and O–H groups in total. The van der Waals surface area contributed by atoms with E-state index in [-0.39, 0.29) is 17.9 Å². The summed E-state index contributed by atoms with van der Waals surface area (Å²) in [6.07, 6.45) is 3.36. The lowest BCUT2D eigenvalue weighted by Crippen LogP contribution is -2.31. The van der Waals surface area contributed by atoms with Crippen LogP contribution in [0.3, 0.4) is 0 Å². The maximum absolute atomic E-state index is 13.0. The molecule has 6 nitrogen and oxygen atoms in total. The van der Waals surface area contributed by atoms with Gasteiger partial charge in [0.05, 0.1) is 9.58 Å². The molecule has 4 heterocycles. The predicted octanol–water partition coefficient (Wildman–Crippen LogP) is 5.69. The van der Waals surface area contributed by atoms with Gasteiger partial charge in [-0.2, -0.15) is 4.98 Å². The van der Waals surface area contributed by atoms with E-state index in [1.165, 1.54) is 21.4 Å². The van der Waals surface area contributed by atoms with Gasteiger partial charge in [-0.05, 0) is 30.2 Å². The summed E-state index contributed by atoms with van der Waals surface area (Å²) in [6.45, 7) is 4.03. The van der Waals surface area contributed by atoms with E-state index in [2.05, 4.69) is 32.6 Å². The predicted molar refractivity (Wildman–Crippen MR) is 120 cm³/mol. The van der Waals surface area contributed by atoms with Crippen molar-refractivity contribution < 1.29 is 9.32 Å². The quantitative estimate of drug-likeness (QED) is 0.384. The normalized spacial score (nSPS) is 12.6. The number of thiophene rings is 2. The molecule has 0 aliphatic heterocycles. The molecule has 1 aromatic carbocycles. The molecule has 4 aromatic heterocycles. The van der Waals surface area contributed by atoms with Crippen molar-refractivity contribution in [2.24, 2.45) is 5.92 Å². The van der Waals surface area contributed by atoms with Crippen LogP contribution in [0.15, 0.2) is 59.4 Å². The highest BCUT2D eigenvalue weighted by Gasteiger charge is 2.26. The molecule has 0 radical (unpaired) electrons. The Bertz CT molecular complexity index is 1340. The van der Waals surface area contributed by atoms with Crippen molar-refractivity contribution in [3.63, 3.8) is 0 Å². The van der Waals surface area contributed by atoms with Crippen molar-refractivity contribution in [1.29, 1.82) is 0 Å². The number of amides is 1. The van der Waals surface area contributed by atoms with Crippen LogP contribution in [0.4, 0.5) is 0 Å². The summed E-state index contributed by atoms with van der Waals surface area (Å²) in [5, 5.41) is 8.34. The number of hydrogen-bond donors (Lipinski definition) is 1. The van der Waals surface area contributed by atoms with Crippen LogP contribution in [0.2, 0.25) is 0 Å². The van der Waals surface area contributed by atoms with Crippen LogP contribution in [0.5, 0.6) is 0 Å². The first-order valence-electron chi connectivity index (χ1n) is 9.56. The van der Waals surface area contributed by atoms with Gasteiger partial charge >= 0.3 is 0 Å². The third kappa shape index (κ3) is 3.38. The van der Waals surface area contributed by atoms with Gasteiger partial charge in [0.1, 0.15) is 6.04 Å². The molecule has 5 aromatic rings. The Morgan fingerprint density at radius 1 is 1.07 bits per heavy atom. The summed E-state index contributed by atoms with van der Waals surface area (Å²) in [4.78, 5) is 22.2. The van der Waals surface area contributed by atoms with E-state index in [1.807, 2.05) is 44.2 Å². The SMILES string of the molecule is CC(C)C(NC(=O)c1cc2sc3ccccc3c2s1)c1nc(-c2ccncc2)no1. The summed E-state index contributed by atoms with van der Waals surface area (Å²) in [5.74, 6) is 0.834. The van der Waals surface area contributed by atoms with Gasteiger partial charge in [0.15, 0.2) is 0 Å². The van der Waals surface area contributed by atoms with Gasteiger partial charge in [-0.3, -0.25) is 9.78 Å². The first-order chi connectivity index (χ1) is 14.6. The maximum Gasteiger partial charge on any atom is 0.262 e. The summed E-state index contributed by atoms with van der Waals surface area (Å²) >= 11 is 3.22. The number of hydrogen-bond acceptors (Lipinski definition) is 7. The second-order valence-corrected chi connectivity index (χ2v) is 9.43. The molecule has 0 saturated heterocycles. The van der Waals surface area contributed by atoms with E-state index in [0.29, 0.717) is 16.6 Å². The molecule has 1 unspecified atom stereocenters. The Morgan fingerprint density at radius 3 is 2.67 bits per heavy atom. The van der Waals surface area contributed by atoms with Crippen molar-refractivity contribution in [1.82, 2.24) is 20.4 Å². The minimum absolute atomic E-state index is 0.0848. The van der Waals surface area contributed by atoms with Crippen LogP contribution in [-0.4, -0.2) is 21.0 Å². The smallest absolute Gasteiger partial charge is 0.262 e. The fraction of sp³-hybridized carbons (Fsp3) is 0.182. The first kappa shape index (κ1) is 18.9. The molecule has 8 heteroatoms. The maximum atomic E-state index is 13.0. The lowest BCUT2D eigenvalue weighted by atomic mass is 10.0. The van der Waals surface area contributed by atoms with Crippen LogP contribution >= 0.6 is 22.7 Å². The van der Waals surface area contributed by atoms with Crippen molar-refractivity contribution in [2.75, 3.05) is 0 Å². The highest BCUT2D eigenvalue weighted by atomic mass is 32.1. The Kier molecular flexibility index (Phi) is 4.80. The molecule has 0 saturated carbocycles. The average Bonchev–Trinajstić information content (AvgIpc) is 3.47. The van der Waals surface area contributed by atoms with Crippen LogP contribution in [0.1, 0.15) is 35.5 Å². The lowest BCUT2D eigenvalue weighted by Gasteiger charge is -2.17. The van der Waals surface area contributed by atoms with Gasteiger partial charge < -0.3 is 9.84 Å². The van der Waals surface area contributed by atoms with Crippen LogP contribution < -0.4 is 5.32 Å². The third-order valence-corrected chi connectivity index (χ3v) is 7.29. The first-order valence-corrected chi connectivity index (χ1v) is 11.2. The number of benzene rings is 1. The second kappa shape index (κ2) is 7.62. The van der Waals surface area contributed by atoms with Crippen molar-refractivity contribution in [3.05, 3.63) is 65.6 Å². The second-order valence-electron chi connectivity index (χ2n) is 7.29. The molecule has 0 spiro atoms.